The van der Waals surface area contributed by atoms with Crippen LogP contribution in [0.4, 0.5) is 5.69 Å². The number of hydrogen-bond donors (Lipinski definition) is 1. The Balaban J connectivity index is 2.40. The van der Waals surface area contributed by atoms with Gasteiger partial charge in [-0.25, -0.2) is 0 Å². The van der Waals surface area contributed by atoms with Crippen molar-refractivity contribution in [2.75, 3.05) is 45.7 Å². The summed E-state index contributed by atoms with van der Waals surface area (Å²) in [5.74, 6) is 0.549. The molecule has 0 unspecified atom stereocenters. The fraction of sp³-hybridized carbons (Fsp3) is 0.652. The van der Waals surface area contributed by atoms with Crippen LogP contribution in [0, 0.1) is 5.92 Å². The van der Waals surface area contributed by atoms with Crippen LogP contribution in [0.1, 0.15) is 50.9 Å². The summed E-state index contributed by atoms with van der Waals surface area (Å²) in [5, 5.41) is 2.82. The fourth-order valence-electron chi connectivity index (χ4n) is 3.78. The van der Waals surface area contributed by atoms with Gasteiger partial charge in [0.2, 0.25) is 5.91 Å². The Bertz CT molecular complexity index is 724. The first-order valence-corrected chi connectivity index (χ1v) is 10.9. The first kappa shape index (κ1) is 24.2. The molecule has 0 radical (unpaired) electrons. The molecule has 2 amide bonds. The maximum Gasteiger partial charge on any atom is 0.257 e. The number of ether oxygens (including phenoxy) is 2. The quantitative estimate of drug-likeness (QED) is 0.793. The SMILES string of the molecule is CCCN1C[C@H](C)[C@H](OC)CN(C)C(=O)c2cc(NC(=O)CC)ccc2OC[C@H]1C. The van der Waals surface area contributed by atoms with Gasteiger partial charge in [-0.1, -0.05) is 20.8 Å². The summed E-state index contributed by atoms with van der Waals surface area (Å²) < 4.78 is 11.9. The molecule has 1 aromatic rings. The number of nitrogens with zero attached hydrogens (tertiary/aromatic N) is 2. The molecular formula is C23H37N3O4. The number of amides is 2. The molecule has 168 valence electrons. The number of benzene rings is 1. The van der Waals surface area contributed by atoms with Crippen LogP contribution in [-0.2, 0) is 9.53 Å². The molecule has 2 rings (SSSR count). The number of anilines is 1. The van der Waals surface area contributed by atoms with E-state index in [0.29, 0.717) is 36.6 Å². The largest absolute Gasteiger partial charge is 0.491 e. The number of fused-ring (bicyclic) bond motifs is 1. The smallest absolute Gasteiger partial charge is 0.257 e. The number of methoxy groups -OCH3 is 1. The van der Waals surface area contributed by atoms with Crippen LogP contribution in [0.3, 0.4) is 0 Å². The number of carbonyl (C=O) groups excluding carboxylic acids is 2. The van der Waals surface area contributed by atoms with Crippen molar-refractivity contribution in [3.05, 3.63) is 23.8 Å². The number of nitrogens with one attached hydrogen (secondary N) is 1. The molecule has 30 heavy (non-hydrogen) atoms. The van der Waals surface area contributed by atoms with Crippen molar-refractivity contribution in [2.24, 2.45) is 5.92 Å². The molecule has 0 saturated heterocycles. The molecule has 0 aromatic heterocycles. The Kier molecular flexibility index (Phi) is 9.11. The number of rotatable bonds is 5. The number of hydrogen-bond acceptors (Lipinski definition) is 5. The second kappa shape index (κ2) is 11.3. The Labute approximate surface area is 180 Å². The molecule has 1 aromatic carbocycles. The maximum atomic E-state index is 13.2. The lowest BCUT2D eigenvalue weighted by atomic mass is 10.0. The van der Waals surface area contributed by atoms with Crippen LogP contribution in [0.25, 0.3) is 0 Å². The van der Waals surface area contributed by atoms with E-state index >= 15 is 0 Å². The zero-order valence-electron chi connectivity index (χ0n) is 19.2. The highest BCUT2D eigenvalue weighted by Gasteiger charge is 2.28. The van der Waals surface area contributed by atoms with Crippen LogP contribution in [0.5, 0.6) is 5.75 Å². The van der Waals surface area contributed by atoms with E-state index < -0.39 is 0 Å². The highest BCUT2D eigenvalue weighted by Crippen LogP contribution is 2.26. The Morgan fingerprint density at radius 3 is 2.63 bits per heavy atom. The Hall–Kier alpha value is -2.12. The van der Waals surface area contributed by atoms with Gasteiger partial charge < -0.3 is 19.7 Å². The maximum absolute atomic E-state index is 13.2. The van der Waals surface area contributed by atoms with Crippen LogP contribution in [0.2, 0.25) is 0 Å². The molecule has 7 heteroatoms. The van der Waals surface area contributed by atoms with E-state index in [4.69, 9.17) is 9.47 Å². The predicted molar refractivity (Wildman–Crippen MR) is 119 cm³/mol. The highest BCUT2D eigenvalue weighted by molar-refractivity contribution is 5.99. The van der Waals surface area contributed by atoms with Crippen molar-refractivity contribution in [2.45, 2.75) is 52.7 Å². The summed E-state index contributed by atoms with van der Waals surface area (Å²) in [6.07, 6.45) is 1.36. The number of likely N-dealkylation sites (N-methyl/N-ethyl adjacent to an activating group) is 1. The first-order valence-electron chi connectivity index (χ1n) is 10.9. The lowest BCUT2D eigenvalue weighted by Gasteiger charge is -2.35. The van der Waals surface area contributed by atoms with Crippen molar-refractivity contribution in [1.29, 1.82) is 0 Å². The minimum absolute atomic E-state index is 0.0720. The van der Waals surface area contributed by atoms with E-state index in [-0.39, 0.29) is 29.9 Å². The molecule has 1 aliphatic rings. The fourth-order valence-corrected chi connectivity index (χ4v) is 3.78. The number of carbonyl (C=O) groups is 2. The summed E-state index contributed by atoms with van der Waals surface area (Å²) in [6, 6.07) is 5.45. The lowest BCUT2D eigenvalue weighted by molar-refractivity contribution is -0.115. The lowest BCUT2D eigenvalue weighted by Crippen LogP contribution is -2.46. The second-order valence-corrected chi connectivity index (χ2v) is 8.20. The Morgan fingerprint density at radius 1 is 1.27 bits per heavy atom. The molecule has 0 aliphatic carbocycles. The van der Waals surface area contributed by atoms with Crippen molar-refractivity contribution >= 4 is 17.5 Å². The molecule has 0 fully saturated rings. The Morgan fingerprint density at radius 2 is 2.00 bits per heavy atom. The normalized spacial score (nSPS) is 23.7. The average Bonchev–Trinajstić information content (AvgIpc) is 2.74. The molecule has 0 spiro atoms. The molecule has 0 saturated carbocycles. The monoisotopic (exact) mass is 419 g/mol. The van der Waals surface area contributed by atoms with E-state index in [1.165, 1.54) is 0 Å². The predicted octanol–water partition coefficient (Wildman–Crippen LogP) is 3.25. The van der Waals surface area contributed by atoms with Gasteiger partial charge in [0.25, 0.3) is 5.91 Å². The zero-order valence-corrected chi connectivity index (χ0v) is 19.2. The molecular weight excluding hydrogens is 382 g/mol. The second-order valence-electron chi connectivity index (χ2n) is 8.20. The van der Waals surface area contributed by atoms with Gasteiger partial charge >= 0.3 is 0 Å². The van der Waals surface area contributed by atoms with Crippen LogP contribution >= 0.6 is 0 Å². The summed E-state index contributed by atoms with van der Waals surface area (Å²) in [7, 11) is 3.48. The van der Waals surface area contributed by atoms with E-state index in [1.54, 1.807) is 44.2 Å². The minimum atomic E-state index is -0.148. The molecule has 1 heterocycles. The topological polar surface area (TPSA) is 71.1 Å². The minimum Gasteiger partial charge on any atom is -0.491 e. The van der Waals surface area contributed by atoms with E-state index in [2.05, 4.69) is 31.0 Å². The van der Waals surface area contributed by atoms with Gasteiger partial charge in [-0.2, -0.15) is 0 Å². The van der Waals surface area contributed by atoms with Crippen molar-refractivity contribution in [3.8, 4) is 5.75 Å². The zero-order chi connectivity index (χ0) is 22.3. The third-order valence-electron chi connectivity index (χ3n) is 5.69. The van der Waals surface area contributed by atoms with Gasteiger partial charge in [0, 0.05) is 45.4 Å². The van der Waals surface area contributed by atoms with Crippen LogP contribution in [0.15, 0.2) is 18.2 Å². The van der Waals surface area contributed by atoms with E-state index in [1.807, 2.05) is 0 Å². The molecule has 1 aliphatic heterocycles. The van der Waals surface area contributed by atoms with E-state index in [9.17, 15) is 9.59 Å². The first-order chi connectivity index (χ1) is 14.3. The van der Waals surface area contributed by atoms with E-state index in [0.717, 1.165) is 19.5 Å². The summed E-state index contributed by atoms with van der Waals surface area (Å²) in [4.78, 5) is 29.1. The van der Waals surface area contributed by atoms with Crippen molar-refractivity contribution in [1.82, 2.24) is 9.80 Å². The third kappa shape index (κ3) is 6.19. The average molecular weight is 420 g/mol. The standard InChI is InChI=1S/C23H37N3O4/c1-7-11-26-13-16(3)21(29-6)14-25(5)23(28)19-12-18(24-22(27)8-2)9-10-20(19)30-15-17(26)4/h9-10,12,16-17,21H,7-8,11,13-15H2,1-6H3,(H,24,27)/t16-,17+,21+/m0/s1. The van der Waals surface area contributed by atoms with Gasteiger partial charge in [-0.05, 0) is 44.0 Å². The summed E-state index contributed by atoms with van der Waals surface area (Å²) in [5.41, 5.74) is 1.04. The van der Waals surface area contributed by atoms with Crippen LogP contribution in [-0.4, -0.2) is 74.2 Å². The van der Waals surface area contributed by atoms with Crippen molar-refractivity contribution in [3.63, 3.8) is 0 Å². The molecule has 3 atom stereocenters. The molecule has 0 bridgehead atoms. The van der Waals surface area contributed by atoms with Gasteiger partial charge in [0.15, 0.2) is 0 Å². The van der Waals surface area contributed by atoms with Crippen LogP contribution < -0.4 is 10.1 Å². The van der Waals surface area contributed by atoms with Gasteiger partial charge in [-0.15, -0.1) is 0 Å². The summed E-state index contributed by atoms with van der Waals surface area (Å²) >= 11 is 0. The van der Waals surface area contributed by atoms with Crippen molar-refractivity contribution < 1.29 is 19.1 Å². The molecule has 7 nitrogen and oxygen atoms in total. The van der Waals surface area contributed by atoms with Gasteiger partial charge in [-0.3, -0.25) is 14.5 Å². The third-order valence-corrected chi connectivity index (χ3v) is 5.69. The highest BCUT2D eigenvalue weighted by atomic mass is 16.5. The van der Waals surface area contributed by atoms with Gasteiger partial charge in [0.05, 0.1) is 11.7 Å². The molecule has 1 N–H and O–H groups in total. The summed E-state index contributed by atoms with van der Waals surface area (Å²) in [6.45, 7) is 11.1. The van der Waals surface area contributed by atoms with Gasteiger partial charge in [0.1, 0.15) is 12.4 Å².